The minimum Gasteiger partial charge on any atom is -0.308 e. The summed E-state index contributed by atoms with van der Waals surface area (Å²) in [6, 6.07) is 20.1. The number of nitrogens with zero attached hydrogens (tertiary/aromatic N) is 1. The van der Waals surface area contributed by atoms with Crippen molar-refractivity contribution in [2.75, 3.05) is 0 Å². The lowest BCUT2D eigenvalue weighted by Crippen LogP contribution is -2.16. The maximum absolute atomic E-state index is 14.0. The van der Waals surface area contributed by atoms with Crippen molar-refractivity contribution in [2.45, 2.75) is 13.8 Å². The lowest BCUT2D eigenvalue weighted by atomic mass is 10.1. The first-order chi connectivity index (χ1) is 12.4. The van der Waals surface area contributed by atoms with Crippen LogP contribution in [0.1, 0.15) is 11.1 Å². The topological polar surface area (TPSA) is 29.4 Å². The van der Waals surface area contributed by atoms with Gasteiger partial charge in [0.15, 0.2) is 7.14 Å². The molecule has 0 heterocycles. The van der Waals surface area contributed by atoms with Crippen LogP contribution in [0.4, 0.5) is 5.69 Å². The normalized spacial score (nSPS) is 11.8. The van der Waals surface area contributed by atoms with Crippen molar-refractivity contribution in [2.24, 2.45) is 4.99 Å². The van der Waals surface area contributed by atoms with Gasteiger partial charge >= 0.3 is 0 Å². The van der Waals surface area contributed by atoms with Gasteiger partial charge in [-0.2, -0.15) is 0 Å². The zero-order valence-electron chi connectivity index (χ0n) is 14.5. The third-order valence-corrected chi connectivity index (χ3v) is 7.28. The quantitative estimate of drug-likeness (QED) is 0.373. The van der Waals surface area contributed by atoms with Crippen LogP contribution in [0.3, 0.4) is 0 Å². The van der Waals surface area contributed by atoms with Crippen LogP contribution in [0.2, 0.25) is 10.0 Å². The number of rotatable bonds is 4. The number of aliphatic imine (C=N–C) groups is 1. The van der Waals surface area contributed by atoms with Crippen LogP contribution < -0.4 is 10.6 Å². The van der Waals surface area contributed by atoms with Crippen molar-refractivity contribution in [1.29, 1.82) is 0 Å². The largest absolute Gasteiger partial charge is 0.308 e. The van der Waals surface area contributed by atoms with Gasteiger partial charge in [-0.05, 0) is 73.5 Å². The molecule has 5 heteroatoms. The average Bonchev–Trinajstić information content (AvgIpc) is 2.62. The third kappa shape index (κ3) is 3.94. The van der Waals surface area contributed by atoms with E-state index >= 15 is 0 Å². The Hall–Kier alpha value is -1.86. The molecule has 0 radical (unpaired) electrons. The van der Waals surface area contributed by atoms with Gasteiger partial charge in [-0.25, -0.2) is 0 Å². The summed E-state index contributed by atoms with van der Waals surface area (Å²) >= 11 is 12.0. The fourth-order valence-corrected chi connectivity index (χ4v) is 5.03. The molecule has 0 saturated heterocycles. The minimum atomic E-state index is -3.08. The molecule has 0 bridgehead atoms. The summed E-state index contributed by atoms with van der Waals surface area (Å²) in [5.74, 6) is 1.58. The Labute approximate surface area is 163 Å². The molecule has 0 aromatic heterocycles. The Bertz CT molecular complexity index is 926. The van der Waals surface area contributed by atoms with Gasteiger partial charge in [-0.1, -0.05) is 41.4 Å². The lowest BCUT2D eigenvalue weighted by Gasteiger charge is -2.15. The molecule has 0 amide bonds. The highest BCUT2D eigenvalue weighted by Crippen LogP contribution is 2.42. The Balaban J connectivity index is 2.15. The molecule has 3 aromatic rings. The second-order valence-electron chi connectivity index (χ2n) is 6.10. The van der Waals surface area contributed by atoms with Gasteiger partial charge in [0.05, 0.1) is 11.6 Å². The number of para-hydroxylation sites is 1. The predicted molar refractivity (Wildman–Crippen MR) is 114 cm³/mol. The fourth-order valence-electron chi connectivity index (χ4n) is 2.76. The summed E-state index contributed by atoms with van der Waals surface area (Å²) in [7, 11) is -3.08. The summed E-state index contributed by atoms with van der Waals surface area (Å²) in [6.45, 7) is 3.99. The molecule has 0 aliphatic carbocycles. The molecule has 0 unspecified atom stereocenters. The first-order valence-electron chi connectivity index (χ1n) is 8.13. The van der Waals surface area contributed by atoms with Crippen LogP contribution in [-0.2, 0) is 4.57 Å². The molecule has 0 saturated carbocycles. The predicted octanol–water partition coefficient (Wildman–Crippen LogP) is 6.28. The highest BCUT2D eigenvalue weighted by molar-refractivity contribution is 7.91. The van der Waals surface area contributed by atoms with Gasteiger partial charge < -0.3 is 4.57 Å². The highest BCUT2D eigenvalue weighted by atomic mass is 35.5. The van der Waals surface area contributed by atoms with E-state index in [1.807, 2.05) is 32.0 Å². The molecule has 0 aliphatic heterocycles. The average molecular weight is 402 g/mol. The zero-order valence-corrected chi connectivity index (χ0v) is 16.9. The first-order valence-corrected chi connectivity index (χ1v) is 10.7. The van der Waals surface area contributed by atoms with Gasteiger partial charge in [-0.15, -0.1) is 0 Å². The summed E-state index contributed by atoms with van der Waals surface area (Å²) < 4.78 is 14.0. The van der Waals surface area contributed by atoms with Gasteiger partial charge in [0, 0.05) is 20.7 Å². The van der Waals surface area contributed by atoms with E-state index < -0.39 is 7.14 Å². The standard InChI is InChI=1S/C21H18Cl2NOP/c1-15-4-3-5-16(2)21(15)24-14-26(25,19-10-6-17(22)7-11-19)20-12-8-18(23)9-13-20/h3-14H,1-2H3. The maximum Gasteiger partial charge on any atom is 0.181 e. The summed E-state index contributed by atoms with van der Waals surface area (Å²) in [5, 5.41) is 2.56. The number of benzene rings is 3. The summed E-state index contributed by atoms with van der Waals surface area (Å²) in [5.41, 5.74) is 2.93. The summed E-state index contributed by atoms with van der Waals surface area (Å²) in [4.78, 5) is 4.62. The molecule has 0 spiro atoms. The number of halogens is 2. The Kier molecular flexibility index (Phi) is 5.67. The second-order valence-corrected chi connectivity index (χ2v) is 9.55. The van der Waals surface area contributed by atoms with Crippen molar-refractivity contribution < 1.29 is 4.57 Å². The van der Waals surface area contributed by atoms with E-state index in [2.05, 4.69) is 4.99 Å². The molecule has 3 aromatic carbocycles. The molecule has 132 valence electrons. The van der Waals surface area contributed by atoms with E-state index in [4.69, 9.17) is 23.2 Å². The van der Waals surface area contributed by atoms with E-state index in [0.29, 0.717) is 20.7 Å². The van der Waals surface area contributed by atoms with E-state index in [-0.39, 0.29) is 0 Å². The Morgan fingerprint density at radius 1 is 0.769 bits per heavy atom. The van der Waals surface area contributed by atoms with Crippen LogP contribution in [0.25, 0.3) is 0 Å². The minimum absolute atomic E-state index is 0.600. The van der Waals surface area contributed by atoms with Gasteiger partial charge in [0.25, 0.3) is 0 Å². The maximum atomic E-state index is 14.0. The lowest BCUT2D eigenvalue weighted by molar-refractivity contribution is 0.594. The SMILES string of the molecule is Cc1cccc(C)c1N=CP(=O)(c1ccc(Cl)cc1)c1ccc(Cl)cc1. The molecule has 0 fully saturated rings. The van der Waals surface area contributed by atoms with E-state index in [1.54, 1.807) is 54.5 Å². The van der Waals surface area contributed by atoms with E-state index in [0.717, 1.165) is 16.8 Å². The smallest absolute Gasteiger partial charge is 0.181 e. The monoisotopic (exact) mass is 401 g/mol. The van der Waals surface area contributed by atoms with Crippen molar-refractivity contribution in [3.05, 3.63) is 87.9 Å². The van der Waals surface area contributed by atoms with Gasteiger partial charge in [0.1, 0.15) is 0 Å². The highest BCUT2D eigenvalue weighted by Gasteiger charge is 2.25. The zero-order chi connectivity index (χ0) is 18.7. The molecule has 0 N–H and O–H groups in total. The molecular formula is C21H18Cl2NOP. The molecule has 26 heavy (non-hydrogen) atoms. The fraction of sp³-hybridized carbons (Fsp3) is 0.0952. The van der Waals surface area contributed by atoms with Crippen LogP contribution in [0.15, 0.2) is 71.7 Å². The Morgan fingerprint density at radius 2 is 1.19 bits per heavy atom. The van der Waals surface area contributed by atoms with Crippen LogP contribution in [-0.4, -0.2) is 5.96 Å². The molecule has 0 atom stereocenters. The first kappa shape index (κ1) is 18.9. The molecule has 2 nitrogen and oxygen atoms in total. The van der Waals surface area contributed by atoms with E-state index in [1.165, 1.54) is 0 Å². The van der Waals surface area contributed by atoms with Crippen LogP contribution in [0, 0.1) is 13.8 Å². The van der Waals surface area contributed by atoms with Crippen molar-refractivity contribution in [1.82, 2.24) is 0 Å². The summed E-state index contributed by atoms with van der Waals surface area (Å²) in [6.07, 6.45) is 0. The number of aryl methyl sites for hydroxylation is 2. The van der Waals surface area contributed by atoms with Crippen molar-refractivity contribution >= 4 is 52.6 Å². The molecule has 0 aliphatic rings. The van der Waals surface area contributed by atoms with Gasteiger partial charge in [-0.3, -0.25) is 4.99 Å². The molecule has 3 rings (SSSR count). The number of hydrogen-bond acceptors (Lipinski definition) is 2. The molecular weight excluding hydrogens is 384 g/mol. The Morgan fingerprint density at radius 3 is 1.62 bits per heavy atom. The second kappa shape index (κ2) is 7.80. The third-order valence-electron chi connectivity index (χ3n) is 4.21. The number of hydrogen-bond donors (Lipinski definition) is 0. The van der Waals surface area contributed by atoms with Crippen LogP contribution >= 0.6 is 30.3 Å². The van der Waals surface area contributed by atoms with Crippen molar-refractivity contribution in [3.63, 3.8) is 0 Å². The van der Waals surface area contributed by atoms with Crippen molar-refractivity contribution in [3.8, 4) is 0 Å². The van der Waals surface area contributed by atoms with E-state index in [9.17, 15) is 4.57 Å². The van der Waals surface area contributed by atoms with Crippen LogP contribution in [0.5, 0.6) is 0 Å². The van der Waals surface area contributed by atoms with Gasteiger partial charge in [0.2, 0.25) is 0 Å².